The van der Waals surface area contributed by atoms with Crippen LogP contribution in [-0.2, 0) is 11.3 Å². The Bertz CT molecular complexity index is 1030. The predicted molar refractivity (Wildman–Crippen MR) is 115 cm³/mol. The smallest absolute Gasteiger partial charge is 0.265 e. The van der Waals surface area contributed by atoms with Gasteiger partial charge in [-0.3, -0.25) is 14.5 Å². The molecular formula is C20H19Cl2N3O3S. The van der Waals surface area contributed by atoms with Crippen molar-refractivity contribution in [3.63, 3.8) is 0 Å². The van der Waals surface area contributed by atoms with Gasteiger partial charge in [-0.15, -0.1) is 11.3 Å². The summed E-state index contributed by atoms with van der Waals surface area (Å²) in [6, 6.07) is 9.04. The van der Waals surface area contributed by atoms with Crippen LogP contribution in [0.15, 0.2) is 41.0 Å². The van der Waals surface area contributed by atoms with Crippen LogP contribution in [0.3, 0.4) is 0 Å². The van der Waals surface area contributed by atoms with Crippen LogP contribution < -0.4 is 5.32 Å². The third kappa shape index (κ3) is 4.59. The molecule has 1 aromatic carbocycles. The first kappa shape index (κ1) is 20.2. The molecule has 2 aromatic heterocycles. The number of nitrogens with zero attached hydrogens (tertiary/aromatic N) is 2. The van der Waals surface area contributed by atoms with Gasteiger partial charge in [0.05, 0.1) is 24.4 Å². The number of furan rings is 1. The minimum atomic E-state index is -0.0748. The standard InChI is InChI=1S/C20H19Cl2N3O3S/c21-13-3-4-15-16(10-13)29-19(18(15)22)20(27)25-7-5-24(6-8-25)12-17(26)23-11-14-2-1-9-28-14/h1-4,9-10H,5-8,11-12H2,(H,23,26). The van der Waals surface area contributed by atoms with E-state index in [0.717, 1.165) is 15.8 Å². The number of piperazine rings is 1. The molecule has 1 aliphatic rings. The summed E-state index contributed by atoms with van der Waals surface area (Å²) in [5.41, 5.74) is 0. The summed E-state index contributed by atoms with van der Waals surface area (Å²) in [4.78, 5) is 29.4. The van der Waals surface area contributed by atoms with Crippen LogP contribution >= 0.6 is 34.5 Å². The Hall–Kier alpha value is -2.06. The van der Waals surface area contributed by atoms with Crippen LogP contribution in [0, 0.1) is 0 Å². The van der Waals surface area contributed by atoms with Gasteiger partial charge < -0.3 is 14.6 Å². The molecule has 0 saturated carbocycles. The molecule has 2 amide bonds. The molecule has 1 aliphatic heterocycles. The van der Waals surface area contributed by atoms with E-state index < -0.39 is 0 Å². The van der Waals surface area contributed by atoms with Gasteiger partial charge in [-0.2, -0.15) is 0 Å². The van der Waals surface area contributed by atoms with Crippen molar-refractivity contribution in [1.82, 2.24) is 15.1 Å². The number of fused-ring (bicyclic) bond motifs is 1. The molecule has 0 aliphatic carbocycles. The van der Waals surface area contributed by atoms with Gasteiger partial charge in [0.15, 0.2) is 0 Å². The average molecular weight is 452 g/mol. The van der Waals surface area contributed by atoms with Crippen LogP contribution in [0.1, 0.15) is 15.4 Å². The number of hydrogen-bond acceptors (Lipinski definition) is 5. The highest BCUT2D eigenvalue weighted by atomic mass is 35.5. The van der Waals surface area contributed by atoms with Crippen molar-refractivity contribution in [3.05, 3.63) is 57.3 Å². The topological polar surface area (TPSA) is 65.8 Å². The zero-order chi connectivity index (χ0) is 20.4. The van der Waals surface area contributed by atoms with Gasteiger partial charge in [-0.05, 0) is 24.3 Å². The highest BCUT2D eigenvalue weighted by Gasteiger charge is 2.26. The minimum absolute atomic E-state index is 0.0643. The highest BCUT2D eigenvalue weighted by molar-refractivity contribution is 7.21. The SMILES string of the molecule is O=C(CN1CCN(C(=O)c2sc3cc(Cl)ccc3c2Cl)CC1)NCc1ccco1. The van der Waals surface area contributed by atoms with Gasteiger partial charge in [-0.25, -0.2) is 0 Å². The van der Waals surface area contributed by atoms with Gasteiger partial charge in [0.2, 0.25) is 5.91 Å². The molecule has 0 spiro atoms. The van der Waals surface area contributed by atoms with Crippen molar-refractivity contribution in [3.8, 4) is 0 Å². The maximum atomic E-state index is 12.9. The number of hydrogen-bond donors (Lipinski definition) is 1. The molecule has 6 nitrogen and oxygen atoms in total. The molecule has 0 radical (unpaired) electrons. The summed E-state index contributed by atoms with van der Waals surface area (Å²) in [6.45, 7) is 3.04. The number of carbonyl (C=O) groups is 2. The third-order valence-corrected chi connectivity index (χ3v) is 6.73. The van der Waals surface area contributed by atoms with Gasteiger partial charge in [0, 0.05) is 41.3 Å². The first-order chi connectivity index (χ1) is 14.0. The molecule has 0 unspecified atom stereocenters. The zero-order valence-corrected chi connectivity index (χ0v) is 17.8. The van der Waals surface area contributed by atoms with E-state index in [1.807, 2.05) is 23.1 Å². The summed E-state index contributed by atoms with van der Waals surface area (Å²) in [7, 11) is 0. The van der Waals surface area contributed by atoms with Crippen molar-refractivity contribution < 1.29 is 14.0 Å². The van der Waals surface area contributed by atoms with Gasteiger partial charge in [-0.1, -0.05) is 29.3 Å². The second-order valence-electron chi connectivity index (χ2n) is 6.81. The zero-order valence-electron chi connectivity index (χ0n) is 15.5. The van der Waals surface area contributed by atoms with Crippen LogP contribution in [0.2, 0.25) is 10.0 Å². The normalized spacial score (nSPS) is 15.0. The van der Waals surface area contributed by atoms with E-state index in [9.17, 15) is 9.59 Å². The number of rotatable bonds is 5. The molecule has 1 saturated heterocycles. The van der Waals surface area contributed by atoms with Crippen LogP contribution in [0.4, 0.5) is 0 Å². The van der Waals surface area contributed by atoms with Crippen LogP contribution in [-0.4, -0.2) is 54.3 Å². The first-order valence-electron chi connectivity index (χ1n) is 9.19. The van der Waals surface area contributed by atoms with Gasteiger partial charge >= 0.3 is 0 Å². The number of amides is 2. The van der Waals surface area contributed by atoms with E-state index in [4.69, 9.17) is 27.6 Å². The number of benzene rings is 1. The second kappa shape index (κ2) is 8.75. The van der Waals surface area contributed by atoms with E-state index in [-0.39, 0.29) is 11.8 Å². The molecule has 3 heterocycles. The predicted octanol–water partition coefficient (Wildman–Crippen LogP) is 3.88. The molecule has 1 N–H and O–H groups in total. The van der Waals surface area contributed by atoms with Crippen molar-refractivity contribution in [2.45, 2.75) is 6.54 Å². The summed E-state index contributed by atoms with van der Waals surface area (Å²) in [5, 5.41) is 4.78. The largest absolute Gasteiger partial charge is 0.467 e. The van der Waals surface area contributed by atoms with Gasteiger partial charge in [0.1, 0.15) is 10.6 Å². The number of thiophene rings is 1. The van der Waals surface area contributed by atoms with Crippen molar-refractivity contribution in [2.75, 3.05) is 32.7 Å². The number of carbonyl (C=O) groups excluding carboxylic acids is 2. The second-order valence-corrected chi connectivity index (χ2v) is 8.68. The monoisotopic (exact) mass is 451 g/mol. The molecule has 9 heteroatoms. The Kier molecular flexibility index (Phi) is 6.10. The maximum Gasteiger partial charge on any atom is 0.265 e. The summed E-state index contributed by atoms with van der Waals surface area (Å²) < 4.78 is 6.11. The summed E-state index contributed by atoms with van der Waals surface area (Å²) >= 11 is 13.9. The van der Waals surface area contributed by atoms with Crippen LogP contribution in [0.25, 0.3) is 10.1 Å². The lowest BCUT2D eigenvalue weighted by atomic mass is 10.2. The Balaban J connectivity index is 1.32. The maximum absolute atomic E-state index is 12.9. The van der Waals surface area contributed by atoms with Crippen molar-refractivity contribution >= 4 is 56.4 Å². The molecule has 29 heavy (non-hydrogen) atoms. The average Bonchev–Trinajstić information content (AvgIpc) is 3.34. The van der Waals surface area contributed by atoms with E-state index in [2.05, 4.69) is 5.32 Å². The van der Waals surface area contributed by atoms with Crippen molar-refractivity contribution in [2.24, 2.45) is 0 Å². The Morgan fingerprint density at radius 2 is 1.93 bits per heavy atom. The molecular weight excluding hydrogens is 433 g/mol. The fraction of sp³-hybridized carbons (Fsp3) is 0.300. The molecule has 4 rings (SSSR count). The quantitative estimate of drug-likeness (QED) is 0.639. The van der Waals surface area contributed by atoms with E-state index >= 15 is 0 Å². The summed E-state index contributed by atoms with van der Waals surface area (Å²) in [5.74, 6) is 0.579. The summed E-state index contributed by atoms with van der Waals surface area (Å²) in [6.07, 6.45) is 1.58. The molecule has 3 aromatic rings. The van der Waals surface area contributed by atoms with E-state index in [1.54, 1.807) is 23.3 Å². The lowest BCUT2D eigenvalue weighted by Gasteiger charge is -2.34. The lowest BCUT2D eigenvalue weighted by molar-refractivity contribution is -0.122. The Morgan fingerprint density at radius 1 is 1.14 bits per heavy atom. The lowest BCUT2D eigenvalue weighted by Crippen LogP contribution is -2.51. The van der Waals surface area contributed by atoms with E-state index in [1.165, 1.54) is 11.3 Å². The number of halogens is 2. The molecule has 1 fully saturated rings. The third-order valence-electron chi connectivity index (χ3n) is 4.85. The number of nitrogens with one attached hydrogen (secondary N) is 1. The van der Waals surface area contributed by atoms with Crippen LogP contribution in [0.5, 0.6) is 0 Å². The fourth-order valence-electron chi connectivity index (χ4n) is 3.29. The molecule has 0 atom stereocenters. The highest BCUT2D eigenvalue weighted by Crippen LogP contribution is 2.37. The first-order valence-corrected chi connectivity index (χ1v) is 10.8. The molecule has 152 valence electrons. The fourth-order valence-corrected chi connectivity index (χ4v) is 5.04. The van der Waals surface area contributed by atoms with Gasteiger partial charge in [0.25, 0.3) is 5.91 Å². The van der Waals surface area contributed by atoms with E-state index in [0.29, 0.717) is 54.2 Å². The molecule has 0 bridgehead atoms. The van der Waals surface area contributed by atoms with Crippen molar-refractivity contribution in [1.29, 1.82) is 0 Å². The minimum Gasteiger partial charge on any atom is -0.467 e. The Labute approximate surface area is 182 Å². The Morgan fingerprint density at radius 3 is 2.66 bits per heavy atom.